The van der Waals surface area contributed by atoms with Gasteiger partial charge < -0.3 is 9.15 Å². The Morgan fingerprint density at radius 2 is 2.38 bits per heavy atom. The van der Waals surface area contributed by atoms with Crippen LogP contribution in [0.2, 0.25) is 0 Å². The molecule has 1 unspecified atom stereocenters. The molecule has 0 saturated carbocycles. The first-order valence-corrected chi connectivity index (χ1v) is 5.64. The Labute approximate surface area is 95.1 Å². The van der Waals surface area contributed by atoms with E-state index in [1.165, 1.54) is 0 Å². The maximum atomic E-state index is 11.6. The molecule has 1 heterocycles. The second kappa shape index (κ2) is 5.01. The van der Waals surface area contributed by atoms with Gasteiger partial charge in [0.1, 0.15) is 5.76 Å². The Bertz CT molecular complexity index is 390. The Kier molecular flexibility index (Phi) is 3.44. The van der Waals surface area contributed by atoms with E-state index < -0.39 is 0 Å². The minimum absolute atomic E-state index is 0.295. The van der Waals surface area contributed by atoms with Crippen LogP contribution < -0.4 is 0 Å². The van der Waals surface area contributed by atoms with Crippen molar-refractivity contribution >= 4 is 5.97 Å². The number of esters is 1. The van der Waals surface area contributed by atoms with Crippen molar-refractivity contribution in [2.24, 2.45) is 5.92 Å². The number of carbonyl (C=O) groups is 1. The standard InChI is InChI=1S/C13H16O3/c1-10-7-8-12(16-10)13(14)15-9-11-5-3-2-4-6-11/h2-3,7-8,11H,4-6,9H2,1H3. The average molecular weight is 220 g/mol. The first kappa shape index (κ1) is 11.0. The molecule has 86 valence electrons. The molecule has 0 aliphatic heterocycles. The Morgan fingerprint density at radius 1 is 1.50 bits per heavy atom. The van der Waals surface area contributed by atoms with Gasteiger partial charge in [-0.05, 0) is 44.2 Å². The zero-order valence-corrected chi connectivity index (χ0v) is 9.44. The van der Waals surface area contributed by atoms with E-state index >= 15 is 0 Å². The Hall–Kier alpha value is -1.51. The lowest BCUT2D eigenvalue weighted by Crippen LogP contribution is -2.14. The molecule has 1 aliphatic rings. The molecule has 16 heavy (non-hydrogen) atoms. The summed E-state index contributed by atoms with van der Waals surface area (Å²) in [5.74, 6) is 1.13. The zero-order valence-electron chi connectivity index (χ0n) is 9.44. The number of hydrogen-bond acceptors (Lipinski definition) is 3. The van der Waals surface area contributed by atoms with Gasteiger partial charge in [0.05, 0.1) is 6.61 Å². The van der Waals surface area contributed by atoms with Crippen LogP contribution in [0.4, 0.5) is 0 Å². The van der Waals surface area contributed by atoms with Crippen molar-refractivity contribution in [3.8, 4) is 0 Å². The predicted octanol–water partition coefficient (Wildman–Crippen LogP) is 3.10. The van der Waals surface area contributed by atoms with Crippen molar-refractivity contribution in [2.75, 3.05) is 6.61 Å². The molecule has 1 aromatic rings. The molecule has 2 rings (SSSR count). The van der Waals surface area contributed by atoms with Gasteiger partial charge in [0.15, 0.2) is 0 Å². The second-order valence-corrected chi connectivity index (χ2v) is 4.16. The molecule has 0 spiro atoms. The summed E-state index contributed by atoms with van der Waals surface area (Å²) >= 11 is 0. The van der Waals surface area contributed by atoms with Gasteiger partial charge in [0, 0.05) is 0 Å². The molecule has 0 aromatic carbocycles. The van der Waals surface area contributed by atoms with Crippen LogP contribution in [0.1, 0.15) is 35.6 Å². The molecule has 1 atom stereocenters. The first-order valence-electron chi connectivity index (χ1n) is 5.64. The number of ether oxygens (including phenoxy) is 1. The minimum atomic E-state index is -0.359. The van der Waals surface area contributed by atoms with E-state index in [2.05, 4.69) is 12.2 Å². The number of allylic oxidation sites excluding steroid dienone is 2. The molecule has 0 amide bonds. The molecule has 0 saturated heterocycles. The lowest BCUT2D eigenvalue weighted by atomic mass is 9.95. The fourth-order valence-electron chi connectivity index (χ4n) is 1.82. The Morgan fingerprint density at radius 3 is 3.00 bits per heavy atom. The summed E-state index contributed by atoms with van der Waals surface area (Å²) in [4.78, 5) is 11.6. The highest BCUT2D eigenvalue weighted by Gasteiger charge is 2.15. The summed E-state index contributed by atoms with van der Waals surface area (Å²) in [5.41, 5.74) is 0. The molecular weight excluding hydrogens is 204 g/mol. The molecule has 3 nitrogen and oxygen atoms in total. The number of aryl methyl sites for hydroxylation is 1. The average Bonchev–Trinajstić information content (AvgIpc) is 2.74. The smallest absolute Gasteiger partial charge is 0.374 e. The van der Waals surface area contributed by atoms with Crippen LogP contribution in [0.25, 0.3) is 0 Å². The van der Waals surface area contributed by atoms with Crippen LogP contribution in [0.15, 0.2) is 28.7 Å². The summed E-state index contributed by atoms with van der Waals surface area (Å²) in [6.07, 6.45) is 7.51. The molecule has 0 fully saturated rings. The van der Waals surface area contributed by atoms with Crippen molar-refractivity contribution in [3.63, 3.8) is 0 Å². The largest absolute Gasteiger partial charge is 0.460 e. The lowest BCUT2D eigenvalue weighted by Gasteiger charge is -2.16. The van der Waals surface area contributed by atoms with Gasteiger partial charge in [-0.15, -0.1) is 0 Å². The van der Waals surface area contributed by atoms with Gasteiger partial charge in [-0.3, -0.25) is 0 Å². The van der Waals surface area contributed by atoms with E-state index in [1.54, 1.807) is 12.1 Å². The van der Waals surface area contributed by atoms with Gasteiger partial charge in [-0.2, -0.15) is 0 Å². The fraction of sp³-hybridized carbons (Fsp3) is 0.462. The van der Waals surface area contributed by atoms with Crippen molar-refractivity contribution < 1.29 is 13.9 Å². The summed E-state index contributed by atoms with van der Waals surface area (Å²) in [5, 5.41) is 0. The third-order valence-electron chi connectivity index (χ3n) is 2.77. The van der Waals surface area contributed by atoms with Crippen molar-refractivity contribution in [1.82, 2.24) is 0 Å². The highest BCUT2D eigenvalue weighted by molar-refractivity contribution is 5.86. The van der Waals surface area contributed by atoms with Gasteiger partial charge in [-0.1, -0.05) is 12.2 Å². The first-order chi connectivity index (χ1) is 7.75. The van der Waals surface area contributed by atoms with Crippen LogP contribution >= 0.6 is 0 Å². The van der Waals surface area contributed by atoms with Crippen molar-refractivity contribution in [1.29, 1.82) is 0 Å². The topological polar surface area (TPSA) is 39.4 Å². The Balaban J connectivity index is 1.81. The second-order valence-electron chi connectivity index (χ2n) is 4.16. The predicted molar refractivity (Wildman–Crippen MR) is 60.2 cm³/mol. The summed E-state index contributed by atoms with van der Waals surface area (Å²) in [6, 6.07) is 3.42. The number of carbonyl (C=O) groups excluding carboxylic acids is 1. The lowest BCUT2D eigenvalue weighted by molar-refractivity contribution is 0.0395. The summed E-state index contributed by atoms with van der Waals surface area (Å²) < 4.78 is 10.4. The highest BCUT2D eigenvalue weighted by atomic mass is 16.5. The third kappa shape index (κ3) is 2.75. The maximum Gasteiger partial charge on any atom is 0.374 e. The van der Waals surface area contributed by atoms with Crippen molar-refractivity contribution in [3.05, 3.63) is 35.8 Å². The van der Waals surface area contributed by atoms with E-state index in [0.717, 1.165) is 25.0 Å². The van der Waals surface area contributed by atoms with Gasteiger partial charge in [0.25, 0.3) is 0 Å². The van der Waals surface area contributed by atoms with Gasteiger partial charge in [0.2, 0.25) is 5.76 Å². The number of furan rings is 1. The van der Waals surface area contributed by atoms with Crippen LogP contribution in [-0.4, -0.2) is 12.6 Å². The fourth-order valence-corrected chi connectivity index (χ4v) is 1.82. The van der Waals surface area contributed by atoms with Crippen molar-refractivity contribution in [2.45, 2.75) is 26.2 Å². The molecule has 0 bridgehead atoms. The van der Waals surface area contributed by atoms with Crippen LogP contribution in [0.3, 0.4) is 0 Å². The molecule has 1 aromatic heterocycles. The minimum Gasteiger partial charge on any atom is -0.460 e. The quantitative estimate of drug-likeness (QED) is 0.580. The summed E-state index contributed by atoms with van der Waals surface area (Å²) in [6.45, 7) is 2.30. The zero-order chi connectivity index (χ0) is 11.4. The molecule has 0 radical (unpaired) electrons. The van der Waals surface area contributed by atoms with E-state index in [4.69, 9.17) is 9.15 Å². The van der Waals surface area contributed by atoms with E-state index in [0.29, 0.717) is 18.3 Å². The number of rotatable bonds is 3. The summed E-state index contributed by atoms with van der Waals surface area (Å²) in [7, 11) is 0. The van der Waals surface area contributed by atoms with E-state index in [1.807, 2.05) is 6.92 Å². The van der Waals surface area contributed by atoms with E-state index in [-0.39, 0.29) is 5.97 Å². The number of hydrogen-bond donors (Lipinski definition) is 0. The van der Waals surface area contributed by atoms with Crippen LogP contribution in [-0.2, 0) is 4.74 Å². The molecule has 1 aliphatic carbocycles. The van der Waals surface area contributed by atoms with Gasteiger partial charge in [-0.25, -0.2) is 4.79 Å². The SMILES string of the molecule is Cc1ccc(C(=O)OCC2CC=CCC2)o1. The third-order valence-corrected chi connectivity index (χ3v) is 2.77. The monoisotopic (exact) mass is 220 g/mol. The molecule has 0 N–H and O–H groups in total. The molecule has 3 heteroatoms. The highest BCUT2D eigenvalue weighted by Crippen LogP contribution is 2.19. The normalized spacial score (nSPS) is 19.7. The molecular formula is C13H16O3. The van der Waals surface area contributed by atoms with Crippen LogP contribution in [0.5, 0.6) is 0 Å². The van der Waals surface area contributed by atoms with E-state index in [9.17, 15) is 4.79 Å². The van der Waals surface area contributed by atoms with Crippen LogP contribution in [0, 0.1) is 12.8 Å². The maximum absolute atomic E-state index is 11.6. The van der Waals surface area contributed by atoms with Gasteiger partial charge >= 0.3 is 5.97 Å².